The SMILES string of the molecule is Cc1cc2ccc1C(C)COC(=O)Nc1ccc(N3CCCC3=O)c(c1)CN(C)C(=O)C2Nc1ccc2cc[nH]c(=O)c2c1. The maximum atomic E-state index is 14.3. The Balaban J connectivity index is 1.42. The van der Waals surface area contributed by atoms with E-state index in [9.17, 15) is 19.2 Å². The number of likely N-dealkylation sites (N-methyl/N-ethyl adjacent to an activating group) is 1. The summed E-state index contributed by atoms with van der Waals surface area (Å²) in [5.74, 6) is -0.257. The van der Waals surface area contributed by atoms with Crippen molar-refractivity contribution in [3.8, 4) is 0 Å². The van der Waals surface area contributed by atoms with Crippen LogP contribution in [0.4, 0.5) is 21.9 Å². The first-order chi connectivity index (χ1) is 21.2. The first-order valence-electron chi connectivity index (χ1n) is 14.8. The summed E-state index contributed by atoms with van der Waals surface area (Å²) in [6, 6.07) is 17.7. The number of benzene rings is 3. The van der Waals surface area contributed by atoms with Crippen molar-refractivity contribution >= 4 is 45.7 Å². The van der Waals surface area contributed by atoms with Gasteiger partial charge in [-0.15, -0.1) is 0 Å². The van der Waals surface area contributed by atoms with Crippen LogP contribution in [0.2, 0.25) is 0 Å². The molecule has 10 nitrogen and oxygen atoms in total. The van der Waals surface area contributed by atoms with Gasteiger partial charge in [-0.25, -0.2) is 4.79 Å². The topological polar surface area (TPSA) is 124 Å². The monoisotopic (exact) mass is 593 g/mol. The molecule has 44 heavy (non-hydrogen) atoms. The summed E-state index contributed by atoms with van der Waals surface area (Å²) < 4.78 is 5.57. The molecule has 0 aliphatic carbocycles. The Bertz CT molecular complexity index is 1830. The third kappa shape index (κ3) is 5.75. The minimum absolute atomic E-state index is 0.0258. The number of pyridine rings is 1. The molecule has 3 aliphatic heterocycles. The zero-order chi connectivity index (χ0) is 31.0. The molecule has 1 saturated heterocycles. The number of aryl methyl sites for hydroxylation is 1. The predicted molar refractivity (Wildman–Crippen MR) is 170 cm³/mol. The number of nitrogens with one attached hydrogen (secondary N) is 3. The number of hydrogen-bond acceptors (Lipinski definition) is 6. The van der Waals surface area contributed by atoms with E-state index in [-0.39, 0.29) is 36.4 Å². The average molecular weight is 594 g/mol. The van der Waals surface area contributed by atoms with E-state index >= 15 is 0 Å². The van der Waals surface area contributed by atoms with Crippen LogP contribution < -0.4 is 21.1 Å². The molecule has 1 aromatic heterocycles. The van der Waals surface area contributed by atoms with Crippen LogP contribution in [0.15, 0.2) is 71.7 Å². The fourth-order valence-electron chi connectivity index (χ4n) is 6.11. The van der Waals surface area contributed by atoms with Gasteiger partial charge in [-0.1, -0.05) is 31.2 Å². The molecule has 3 aliphatic rings. The van der Waals surface area contributed by atoms with Gasteiger partial charge in [0.2, 0.25) is 11.8 Å². The summed E-state index contributed by atoms with van der Waals surface area (Å²) in [7, 11) is 1.72. The van der Waals surface area contributed by atoms with Gasteiger partial charge in [0.1, 0.15) is 6.04 Å². The number of rotatable bonds is 3. The Hall–Kier alpha value is -5.12. The standard InChI is InChI=1S/C34H35N5O5/c1-20-15-23-7-10-27(20)21(2)19-44-34(43)37-25-9-11-29(39-14-4-5-30(39)40)24(16-25)18-38(3)33(42)31(23)36-26-8-6-22-12-13-35-32(41)28(22)17-26/h6-13,15-17,21,31,36H,4-5,14,18-19H2,1-3H3,(H,35,41)(H,37,43). The Morgan fingerprint density at radius 3 is 2.59 bits per heavy atom. The van der Waals surface area contributed by atoms with Crippen molar-refractivity contribution in [1.29, 1.82) is 0 Å². The van der Waals surface area contributed by atoms with Gasteiger partial charge in [0, 0.05) is 61.1 Å². The predicted octanol–water partition coefficient (Wildman–Crippen LogP) is 5.44. The molecule has 3 amide bonds. The molecule has 4 heterocycles. The number of aromatic amines is 1. The van der Waals surface area contributed by atoms with Crippen LogP contribution in [-0.2, 0) is 20.9 Å². The molecular weight excluding hydrogens is 558 g/mol. The minimum atomic E-state index is -0.771. The number of fused-ring (bicyclic) bond motifs is 10. The summed E-state index contributed by atoms with van der Waals surface area (Å²) in [5, 5.41) is 7.51. The second-order valence-electron chi connectivity index (χ2n) is 11.6. The Morgan fingerprint density at radius 2 is 1.82 bits per heavy atom. The molecule has 4 aromatic rings. The summed E-state index contributed by atoms with van der Waals surface area (Å²) >= 11 is 0. The highest BCUT2D eigenvalue weighted by Crippen LogP contribution is 2.32. The quantitative estimate of drug-likeness (QED) is 0.291. The summed E-state index contributed by atoms with van der Waals surface area (Å²) in [6.07, 6.45) is 2.26. The number of carbonyl (C=O) groups excluding carboxylic acids is 3. The van der Waals surface area contributed by atoms with E-state index in [2.05, 4.69) is 15.6 Å². The molecule has 1 fully saturated rings. The molecule has 4 bridgehead atoms. The smallest absolute Gasteiger partial charge is 0.411 e. The van der Waals surface area contributed by atoms with Crippen molar-refractivity contribution in [3.63, 3.8) is 0 Å². The van der Waals surface area contributed by atoms with Gasteiger partial charge in [-0.3, -0.25) is 19.7 Å². The van der Waals surface area contributed by atoms with E-state index in [0.29, 0.717) is 35.4 Å². The van der Waals surface area contributed by atoms with Crippen LogP contribution in [0.25, 0.3) is 10.8 Å². The molecule has 3 N–H and O–H groups in total. The van der Waals surface area contributed by atoms with Crippen molar-refractivity contribution < 1.29 is 19.1 Å². The molecule has 0 radical (unpaired) electrons. The van der Waals surface area contributed by atoms with E-state index < -0.39 is 12.1 Å². The largest absolute Gasteiger partial charge is 0.449 e. The molecule has 2 atom stereocenters. The molecule has 0 spiro atoms. The number of nitrogens with zero attached hydrogens (tertiary/aromatic N) is 2. The third-order valence-corrected chi connectivity index (χ3v) is 8.43. The van der Waals surface area contributed by atoms with Gasteiger partial charge in [-0.05, 0) is 77.4 Å². The fourth-order valence-corrected chi connectivity index (χ4v) is 6.11. The average Bonchev–Trinajstić information content (AvgIpc) is 3.43. The minimum Gasteiger partial charge on any atom is -0.449 e. The number of ether oxygens (including phenoxy) is 1. The van der Waals surface area contributed by atoms with Crippen LogP contribution >= 0.6 is 0 Å². The van der Waals surface area contributed by atoms with E-state index in [0.717, 1.165) is 34.1 Å². The third-order valence-electron chi connectivity index (χ3n) is 8.43. The van der Waals surface area contributed by atoms with E-state index in [1.54, 1.807) is 41.2 Å². The van der Waals surface area contributed by atoms with Gasteiger partial charge in [0.05, 0.1) is 6.61 Å². The second-order valence-corrected chi connectivity index (χ2v) is 11.6. The second kappa shape index (κ2) is 11.9. The normalized spacial score (nSPS) is 19.3. The molecule has 226 valence electrons. The first kappa shape index (κ1) is 29.0. The maximum Gasteiger partial charge on any atom is 0.411 e. The lowest BCUT2D eigenvalue weighted by atomic mass is 9.93. The van der Waals surface area contributed by atoms with Crippen LogP contribution in [-0.4, -0.2) is 48.0 Å². The number of hydrogen-bond donors (Lipinski definition) is 3. The van der Waals surface area contributed by atoms with Gasteiger partial charge >= 0.3 is 6.09 Å². The highest BCUT2D eigenvalue weighted by atomic mass is 16.5. The van der Waals surface area contributed by atoms with E-state index in [1.165, 1.54) is 0 Å². The van der Waals surface area contributed by atoms with Crippen LogP contribution in [0, 0.1) is 6.92 Å². The molecule has 3 aromatic carbocycles. The van der Waals surface area contributed by atoms with Gasteiger partial charge in [0.25, 0.3) is 5.56 Å². The first-order valence-corrected chi connectivity index (χ1v) is 14.8. The summed E-state index contributed by atoms with van der Waals surface area (Å²) in [6.45, 7) is 4.91. The zero-order valence-electron chi connectivity index (χ0n) is 25.0. The van der Waals surface area contributed by atoms with E-state index in [1.807, 2.05) is 56.3 Å². The van der Waals surface area contributed by atoms with E-state index in [4.69, 9.17) is 4.74 Å². The molecule has 2 unspecified atom stereocenters. The summed E-state index contributed by atoms with van der Waals surface area (Å²) in [5.41, 5.74) is 5.09. The number of aromatic nitrogens is 1. The number of H-pyrrole nitrogens is 1. The van der Waals surface area contributed by atoms with Gasteiger partial charge < -0.3 is 24.8 Å². The number of anilines is 3. The molecule has 7 rings (SSSR count). The molecular formula is C34H35N5O5. The Kier molecular flexibility index (Phi) is 7.82. The Labute approximate surface area is 255 Å². The van der Waals surface area contributed by atoms with Crippen molar-refractivity contribution in [2.45, 2.75) is 45.2 Å². The zero-order valence-corrected chi connectivity index (χ0v) is 25.0. The fraction of sp³-hybridized carbons (Fsp3) is 0.294. The van der Waals surface area contributed by atoms with Crippen LogP contribution in [0.3, 0.4) is 0 Å². The van der Waals surface area contributed by atoms with Crippen LogP contribution in [0.1, 0.15) is 54.0 Å². The lowest BCUT2D eigenvalue weighted by molar-refractivity contribution is -0.131. The van der Waals surface area contributed by atoms with Crippen molar-refractivity contribution in [2.75, 3.05) is 35.7 Å². The summed E-state index contributed by atoms with van der Waals surface area (Å²) in [4.78, 5) is 58.3. The van der Waals surface area contributed by atoms with Gasteiger partial charge in [0.15, 0.2) is 0 Å². The van der Waals surface area contributed by atoms with Gasteiger partial charge in [-0.2, -0.15) is 0 Å². The lowest BCUT2D eigenvalue weighted by Gasteiger charge is -2.29. The lowest BCUT2D eigenvalue weighted by Crippen LogP contribution is -2.36. The maximum absolute atomic E-state index is 14.3. The molecule has 10 heteroatoms. The van der Waals surface area contributed by atoms with Crippen LogP contribution in [0.5, 0.6) is 0 Å². The highest BCUT2D eigenvalue weighted by molar-refractivity contribution is 5.97. The van der Waals surface area contributed by atoms with Crippen molar-refractivity contribution in [2.24, 2.45) is 0 Å². The van der Waals surface area contributed by atoms with Crippen molar-refractivity contribution in [1.82, 2.24) is 9.88 Å². The molecule has 0 saturated carbocycles. The number of amides is 3. The van der Waals surface area contributed by atoms with Crippen molar-refractivity contribution in [3.05, 3.63) is 99.5 Å². The Morgan fingerprint density at radius 1 is 0.977 bits per heavy atom. The highest BCUT2D eigenvalue weighted by Gasteiger charge is 2.29. The number of carbonyl (C=O) groups is 3.